The Balaban J connectivity index is 2.58. The third kappa shape index (κ3) is 4.26. The SMILES string of the molecule is COc1cc(C(Cl)=Cc2ccc([N+](=O)[O-])cc2[N+](=O)[O-])cc(OC)c1OC. The fourth-order valence-corrected chi connectivity index (χ4v) is 2.59. The van der Waals surface area contributed by atoms with E-state index < -0.39 is 15.5 Å². The molecule has 0 radical (unpaired) electrons. The predicted octanol–water partition coefficient (Wildman–Crippen LogP) is 4.27. The number of nitro benzene ring substituents is 2. The molecule has 0 amide bonds. The monoisotopic (exact) mass is 394 g/mol. The Bertz CT molecular complexity index is 902. The lowest BCUT2D eigenvalue weighted by Gasteiger charge is -2.13. The second-order valence-corrected chi connectivity index (χ2v) is 5.57. The zero-order valence-electron chi connectivity index (χ0n) is 14.6. The molecule has 0 aliphatic rings. The Morgan fingerprint density at radius 3 is 2.00 bits per heavy atom. The number of nitro groups is 2. The van der Waals surface area contributed by atoms with E-state index in [0.717, 1.165) is 12.1 Å². The van der Waals surface area contributed by atoms with Crippen LogP contribution in [0.15, 0.2) is 30.3 Å². The first-order valence-corrected chi connectivity index (χ1v) is 7.80. The second kappa shape index (κ2) is 8.37. The molecule has 0 aliphatic carbocycles. The van der Waals surface area contributed by atoms with Crippen LogP contribution in [0.5, 0.6) is 17.2 Å². The minimum Gasteiger partial charge on any atom is -0.493 e. The van der Waals surface area contributed by atoms with Gasteiger partial charge in [-0.05, 0) is 24.3 Å². The second-order valence-electron chi connectivity index (χ2n) is 5.16. The van der Waals surface area contributed by atoms with E-state index in [2.05, 4.69) is 0 Å². The molecule has 0 unspecified atom stereocenters. The molecular weight excluding hydrogens is 380 g/mol. The van der Waals surface area contributed by atoms with Crippen LogP contribution in [0, 0.1) is 20.2 Å². The Kier molecular flexibility index (Phi) is 6.19. The minimum atomic E-state index is -0.710. The maximum absolute atomic E-state index is 11.3. The van der Waals surface area contributed by atoms with Crippen LogP contribution in [0.3, 0.4) is 0 Å². The summed E-state index contributed by atoms with van der Waals surface area (Å²) in [7, 11) is 4.34. The topological polar surface area (TPSA) is 114 Å². The van der Waals surface area contributed by atoms with Gasteiger partial charge in [0.2, 0.25) is 5.75 Å². The third-order valence-corrected chi connectivity index (χ3v) is 3.97. The Labute approximate surface area is 159 Å². The molecule has 9 nitrogen and oxygen atoms in total. The number of benzene rings is 2. The van der Waals surface area contributed by atoms with E-state index in [1.807, 2.05) is 0 Å². The smallest absolute Gasteiger partial charge is 0.283 e. The normalized spacial score (nSPS) is 11.0. The Morgan fingerprint density at radius 2 is 1.56 bits per heavy atom. The van der Waals surface area contributed by atoms with E-state index in [1.54, 1.807) is 12.1 Å². The van der Waals surface area contributed by atoms with Crippen molar-refractivity contribution < 1.29 is 24.1 Å². The molecule has 0 bridgehead atoms. The van der Waals surface area contributed by atoms with Gasteiger partial charge in [0.15, 0.2) is 11.5 Å². The van der Waals surface area contributed by atoms with Crippen LogP contribution in [0.2, 0.25) is 0 Å². The van der Waals surface area contributed by atoms with Crippen LogP contribution in [-0.4, -0.2) is 31.2 Å². The molecule has 27 heavy (non-hydrogen) atoms. The Hall–Kier alpha value is -3.33. The predicted molar refractivity (Wildman–Crippen MR) is 99.6 cm³/mol. The van der Waals surface area contributed by atoms with Crippen molar-refractivity contribution in [3.05, 3.63) is 61.7 Å². The van der Waals surface area contributed by atoms with Crippen LogP contribution in [-0.2, 0) is 0 Å². The number of ether oxygens (including phenoxy) is 3. The highest BCUT2D eigenvalue weighted by atomic mass is 35.5. The van der Waals surface area contributed by atoms with Crippen molar-refractivity contribution in [2.75, 3.05) is 21.3 Å². The summed E-state index contributed by atoms with van der Waals surface area (Å²) in [6.45, 7) is 0. The first-order chi connectivity index (χ1) is 12.8. The van der Waals surface area contributed by atoms with Crippen molar-refractivity contribution in [3.63, 3.8) is 0 Å². The molecular formula is C17H15ClN2O7. The van der Waals surface area contributed by atoms with Gasteiger partial charge in [0.25, 0.3) is 11.4 Å². The zero-order chi connectivity index (χ0) is 20.1. The number of non-ortho nitro benzene ring substituents is 1. The first-order valence-electron chi connectivity index (χ1n) is 7.42. The van der Waals surface area contributed by atoms with Crippen LogP contribution < -0.4 is 14.2 Å². The number of hydrogen-bond acceptors (Lipinski definition) is 7. The molecule has 2 aromatic rings. The van der Waals surface area contributed by atoms with Gasteiger partial charge >= 0.3 is 0 Å². The largest absolute Gasteiger partial charge is 0.493 e. The highest BCUT2D eigenvalue weighted by Crippen LogP contribution is 2.41. The summed E-state index contributed by atoms with van der Waals surface area (Å²) < 4.78 is 15.7. The average molecular weight is 395 g/mol. The summed E-state index contributed by atoms with van der Waals surface area (Å²) in [4.78, 5) is 20.7. The van der Waals surface area contributed by atoms with Gasteiger partial charge in [0.1, 0.15) is 0 Å². The van der Waals surface area contributed by atoms with Crippen molar-refractivity contribution in [2.45, 2.75) is 0 Å². The maximum Gasteiger partial charge on any atom is 0.283 e. The number of halogens is 1. The summed E-state index contributed by atoms with van der Waals surface area (Å²) in [5.74, 6) is 1.09. The molecule has 0 atom stereocenters. The van der Waals surface area contributed by atoms with E-state index in [-0.39, 0.29) is 16.3 Å². The zero-order valence-corrected chi connectivity index (χ0v) is 15.4. The number of rotatable bonds is 7. The summed E-state index contributed by atoms with van der Waals surface area (Å²) >= 11 is 6.33. The van der Waals surface area contributed by atoms with E-state index in [9.17, 15) is 20.2 Å². The van der Waals surface area contributed by atoms with Crippen LogP contribution >= 0.6 is 11.6 Å². The molecule has 0 aromatic heterocycles. The molecule has 2 rings (SSSR count). The summed E-state index contributed by atoms with van der Waals surface area (Å²) in [5, 5.41) is 22.2. The van der Waals surface area contributed by atoms with Crippen molar-refractivity contribution in [1.82, 2.24) is 0 Å². The lowest BCUT2D eigenvalue weighted by molar-refractivity contribution is -0.394. The van der Waals surface area contributed by atoms with Gasteiger partial charge in [0.05, 0.1) is 42.8 Å². The average Bonchev–Trinajstić information content (AvgIpc) is 2.66. The number of methoxy groups -OCH3 is 3. The first kappa shape index (κ1) is 20.0. The standard InChI is InChI=1S/C17H15ClN2O7/c1-25-15-7-11(8-16(26-2)17(15)27-3)13(18)6-10-4-5-12(19(21)22)9-14(10)20(23)24/h4-9H,1-3H3. The summed E-state index contributed by atoms with van der Waals surface area (Å²) in [6, 6.07) is 6.47. The quantitative estimate of drug-likeness (QED) is 0.391. The lowest BCUT2D eigenvalue weighted by Crippen LogP contribution is -1.97. The fourth-order valence-electron chi connectivity index (χ4n) is 2.36. The van der Waals surface area contributed by atoms with E-state index >= 15 is 0 Å². The van der Waals surface area contributed by atoms with Crippen molar-refractivity contribution in [2.24, 2.45) is 0 Å². The van der Waals surface area contributed by atoms with Gasteiger partial charge in [-0.25, -0.2) is 0 Å². The fraction of sp³-hybridized carbons (Fsp3) is 0.176. The molecule has 0 saturated carbocycles. The van der Waals surface area contributed by atoms with E-state index in [1.165, 1.54) is 33.5 Å². The molecule has 0 spiro atoms. The highest BCUT2D eigenvalue weighted by Gasteiger charge is 2.20. The van der Waals surface area contributed by atoms with Crippen LogP contribution in [0.25, 0.3) is 11.1 Å². The summed E-state index contributed by atoms with van der Waals surface area (Å²) in [5.41, 5.74) is -0.249. The number of hydrogen-bond donors (Lipinski definition) is 0. The van der Waals surface area contributed by atoms with E-state index in [0.29, 0.717) is 22.8 Å². The van der Waals surface area contributed by atoms with E-state index in [4.69, 9.17) is 25.8 Å². The van der Waals surface area contributed by atoms with Gasteiger partial charge in [-0.1, -0.05) is 11.6 Å². The van der Waals surface area contributed by atoms with Crippen LogP contribution in [0.1, 0.15) is 11.1 Å². The number of nitrogens with zero attached hydrogens (tertiary/aromatic N) is 2. The van der Waals surface area contributed by atoms with Gasteiger partial charge in [-0.2, -0.15) is 0 Å². The molecule has 0 heterocycles. The van der Waals surface area contributed by atoms with Crippen LogP contribution in [0.4, 0.5) is 11.4 Å². The van der Waals surface area contributed by atoms with Gasteiger partial charge in [0, 0.05) is 16.7 Å². The van der Waals surface area contributed by atoms with Gasteiger partial charge in [-0.3, -0.25) is 20.2 Å². The lowest BCUT2D eigenvalue weighted by atomic mass is 10.1. The molecule has 0 fully saturated rings. The molecule has 2 aromatic carbocycles. The summed E-state index contributed by atoms with van der Waals surface area (Å²) in [6.07, 6.45) is 1.34. The molecule has 0 saturated heterocycles. The van der Waals surface area contributed by atoms with Crippen molar-refractivity contribution >= 4 is 34.1 Å². The van der Waals surface area contributed by atoms with Gasteiger partial charge < -0.3 is 14.2 Å². The highest BCUT2D eigenvalue weighted by molar-refractivity contribution is 6.51. The van der Waals surface area contributed by atoms with Gasteiger partial charge in [-0.15, -0.1) is 0 Å². The molecule has 0 aliphatic heterocycles. The molecule has 10 heteroatoms. The maximum atomic E-state index is 11.3. The van der Waals surface area contributed by atoms with Crippen molar-refractivity contribution in [1.29, 1.82) is 0 Å². The third-order valence-electron chi connectivity index (χ3n) is 3.64. The molecule has 0 N–H and O–H groups in total. The van der Waals surface area contributed by atoms with Crippen molar-refractivity contribution in [3.8, 4) is 17.2 Å². The minimum absolute atomic E-state index is 0.115. The Morgan fingerprint density at radius 1 is 0.963 bits per heavy atom. The molecule has 142 valence electrons.